The Hall–Kier alpha value is -1.04. The summed E-state index contributed by atoms with van der Waals surface area (Å²) in [7, 11) is -7.52. The third-order valence-corrected chi connectivity index (χ3v) is 8.47. The smallest absolute Gasteiger partial charge is 0.243 e. The number of rotatable bonds is 4. The van der Waals surface area contributed by atoms with Crippen LogP contribution in [0.15, 0.2) is 28.0 Å². The lowest BCUT2D eigenvalue weighted by atomic mass is 10.2. The summed E-state index contributed by atoms with van der Waals surface area (Å²) in [6, 6.07) is 4.07. The number of nitrogens with two attached hydrogens (primary N) is 1. The number of ether oxygens (including phenoxy) is 1. The van der Waals surface area contributed by atoms with Crippen molar-refractivity contribution in [3.63, 3.8) is 0 Å². The SMILES string of the molecule is Cc1ccc(S(=O)(=O)N2CC[C@@H](N)C2)cc1S(=O)(=O)N1CCOCC1. The van der Waals surface area contributed by atoms with E-state index in [9.17, 15) is 16.8 Å². The number of sulfonamides is 2. The highest BCUT2D eigenvalue weighted by Crippen LogP contribution is 2.27. The molecule has 2 saturated heterocycles. The van der Waals surface area contributed by atoms with Gasteiger partial charge in [-0.1, -0.05) is 6.07 Å². The summed E-state index contributed by atoms with van der Waals surface area (Å²) in [5, 5.41) is 0. The van der Waals surface area contributed by atoms with Crippen LogP contribution in [0.3, 0.4) is 0 Å². The van der Waals surface area contributed by atoms with Crippen LogP contribution < -0.4 is 5.73 Å². The van der Waals surface area contributed by atoms with Crippen molar-refractivity contribution in [3.8, 4) is 0 Å². The molecule has 8 nitrogen and oxygen atoms in total. The minimum atomic E-state index is -3.76. The highest BCUT2D eigenvalue weighted by Gasteiger charge is 2.33. The molecule has 1 aromatic rings. The molecular formula is C15H23N3O5S2. The van der Waals surface area contributed by atoms with Crippen LogP contribution in [0.5, 0.6) is 0 Å². The maximum Gasteiger partial charge on any atom is 0.243 e. The van der Waals surface area contributed by atoms with Crippen LogP contribution in [0.1, 0.15) is 12.0 Å². The highest BCUT2D eigenvalue weighted by molar-refractivity contribution is 7.90. The van der Waals surface area contributed by atoms with Gasteiger partial charge in [-0.05, 0) is 31.0 Å². The maximum absolute atomic E-state index is 12.9. The average molecular weight is 389 g/mol. The minimum absolute atomic E-state index is 0.0148. The lowest BCUT2D eigenvalue weighted by Crippen LogP contribution is -2.41. The fourth-order valence-corrected chi connectivity index (χ4v) is 6.34. The Kier molecular flexibility index (Phi) is 5.20. The highest BCUT2D eigenvalue weighted by atomic mass is 32.2. The van der Waals surface area contributed by atoms with Crippen molar-refractivity contribution in [3.05, 3.63) is 23.8 Å². The topological polar surface area (TPSA) is 110 Å². The van der Waals surface area contributed by atoms with E-state index in [0.717, 1.165) is 0 Å². The van der Waals surface area contributed by atoms with Gasteiger partial charge in [0.15, 0.2) is 0 Å². The summed E-state index contributed by atoms with van der Waals surface area (Å²) in [6.45, 7) is 3.46. The fraction of sp³-hybridized carbons (Fsp3) is 0.600. The molecule has 0 unspecified atom stereocenters. The predicted molar refractivity (Wildman–Crippen MR) is 92.1 cm³/mol. The molecule has 1 aromatic carbocycles. The first kappa shape index (κ1) is 18.7. The van der Waals surface area contributed by atoms with Gasteiger partial charge in [-0.3, -0.25) is 0 Å². The first-order valence-electron chi connectivity index (χ1n) is 8.17. The molecule has 0 bridgehead atoms. The molecule has 140 valence electrons. The second-order valence-corrected chi connectivity index (χ2v) is 10.2. The van der Waals surface area contributed by atoms with Crippen molar-refractivity contribution < 1.29 is 21.6 Å². The Labute approximate surface area is 148 Å². The van der Waals surface area contributed by atoms with Gasteiger partial charge in [0.05, 0.1) is 23.0 Å². The Bertz CT molecular complexity index is 848. The Morgan fingerprint density at radius 2 is 1.72 bits per heavy atom. The van der Waals surface area contributed by atoms with Crippen molar-refractivity contribution in [2.45, 2.75) is 29.2 Å². The van der Waals surface area contributed by atoms with Gasteiger partial charge in [0.25, 0.3) is 0 Å². The van der Waals surface area contributed by atoms with E-state index in [1.807, 2.05) is 0 Å². The Balaban J connectivity index is 1.98. The quantitative estimate of drug-likeness (QED) is 0.760. The number of hydrogen-bond donors (Lipinski definition) is 1. The fourth-order valence-electron chi connectivity index (χ4n) is 3.07. The molecule has 0 spiro atoms. The van der Waals surface area contributed by atoms with E-state index in [4.69, 9.17) is 10.5 Å². The first-order valence-corrected chi connectivity index (χ1v) is 11.1. The molecule has 2 heterocycles. The molecule has 1 atom stereocenters. The largest absolute Gasteiger partial charge is 0.379 e. The molecular weight excluding hydrogens is 366 g/mol. The molecule has 2 aliphatic rings. The molecule has 10 heteroatoms. The van der Waals surface area contributed by atoms with E-state index in [1.54, 1.807) is 6.92 Å². The second kappa shape index (κ2) is 6.93. The van der Waals surface area contributed by atoms with E-state index in [1.165, 1.54) is 26.8 Å². The van der Waals surface area contributed by atoms with Crippen LogP contribution in [0.2, 0.25) is 0 Å². The summed E-state index contributed by atoms with van der Waals surface area (Å²) in [5.41, 5.74) is 6.32. The number of morpholine rings is 1. The van der Waals surface area contributed by atoms with Gasteiger partial charge in [-0.2, -0.15) is 8.61 Å². The van der Waals surface area contributed by atoms with Crippen LogP contribution in [0, 0.1) is 6.92 Å². The van der Waals surface area contributed by atoms with Crippen LogP contribution >= 0.6 is 0 Å². The van der Waals surface area contributed by atoms with Crippen molar-refractivity contribution in [1.82, 2.24) is 8.61 Å². The van der Waals surface area contributed by atoms with Gasteiger partial charge in [0.2, 0.25) is 20.0 Å². The summed E-state index contributed by atoms with van der Waals surface area (Å²) < 4.78 is 59.2. The Morgan fingerprint density at radius 3 is 2.32 bits per heavy atom. The van der Waals surface area contributed by atoms with Crippen molar-refractivity contribution in [1.29, 1.82) is 0 Å². The summed E-state index contributed by atoms with van der Waals surface area (Å²) in [4.78, 5) is 0.0120. The first-order chi connectivity index (χ1) is 11.7. The lowest BCUT2D eigenvalue weighted by Gasteiger charge is -2.27. The number of aryl methyl sites for hydroxylation is 1. The molecule has 25 heavy (non-hydrogen) atoms. The molecule has 2 fully saturated rings. The van der Waals surface area contributed by atoms with Crippen molar-refractivity contribution in [2.75, 3.05) is 39.4 Å². The van der Waals surface area contributed by atoms with Gasteiger partial charge < -0.3 is 10.5 Å². The van der Waals surface area contributed by atoms with E-state index in [0.29, 0.717) is 31.7 Å². The standard InChI is InChI=1S/C15H23N3O5S2/c1-12-2-3-14(24(19,20)18-5-4-13(16)11-18)10-15(12)25(21,22)17-6-8-23-9-7-17/h2-3,10,13H,4-9,11,16H2,1H3/t13-/m1/s1. The van der Waals surface area contributed by atoms with Crippen molar-refractivity contribution in [2.24, 2.45) is 5.73 Å². The average Bonchev–Trinajstić information content (AvgIpc) is 3.03. The maximum atomic E-state index is 12.9. The van der Waals surface area contributed by atoms with Crippen LogP contribution in [0.4, 0.5) is 0 Å². The zero-order chi connectivity index (χ0) is 18.2. The molecule has 3 rings (SSSR count). The second-order valence-electron chi connectivity index (χ2n) is 6.36. The van der Waals surface area contributed by atoms with E-state index < -0.39 is 20.0 Å². The summed E-state index contributed by atoms with van der Waals surface area (Å²) in [6.07, 6.45) is 0.601. The summed E-state index contributed by atoms with van der Waals surface area (Å²) >= 11 is 0. The molecule has 0 radical (unpaired) electrons. The zero-order valence-corrected chi connectivity index (χ0v) is 15.7. The minimum Gasteiger partial charge on any atom is -0.379 e. The molecule has 2 aliphatic heterocycles. The van der Waals surface area contributed by atoms with Gasteiger partial charge in [-0.25, -0.2) is 16.8 Å². The predicted octanol–water partition coefficient (Wildman–Crippen LogP) is -0.262. The molecule has 0 saturated carbocycles. The van der Waals surface area contributed by atoms with Crippen LogP contribution in [0.25, 0.3) is 0 Å². The van der Waals surface area contributed by atoms with E-state index >= 15 is 0 Å². The number of hydrogen-bond acceptors (Lipinski definition) is 6. The normalized spacial score (nSPS) is 23.8. The third-order valence-electron chi connectivity index (χ3n) is 4.57. The molecule has 0 amide bonds. The van der Waals surface area contributed by atoms with Gasteiger partial charge in [0, 0.05) is 32.2 Å². The van der Waals surface area contributed by atoms with Gasteiger partial charge in [-0.15, -0.1) is 0 Å². The van der Waals surface area contributed by atoms with Gasteiger partial charge >= 0.3 is 0 Å². The monoisotopic (exact) mass is 389 g/mol. The van der Waals surface area contributed by atoms with Crippen molar-refractivity contribution >= 4 is 20.0 Å². The number of benzene rings is 1. The van der Waals surface area contributed by atoms with Crippen LogP contribution in [-0.2, 0) is 24.8 Å². The molecule has 0 aliphatic carbocycles. The summed E-state index contributed by atoms with van der Waals surface area (Å²) in [5.74, 6) is 0. The lowest BCUT2D eigenvalue weighted by molar-refractivity contribution is 0.0730. The molecule has 0 aromatic heterocycles. The van der Waals surface area contributed by atoms with Crippen LogP contribution in [-0.4, -0.2) is 70.9 Å². The third kappa shape index (κ3) is 3.60. The van der Waals surface area contributed by atoms with Gasteiger partial charge in [0.1, 0.15) is 0 Å². The van der Waals surface area contributed by atoms with E-state index in [2.05, 4.69) is 0 Å². The zero-order valence-electron chi connectivity index (χ0n) is 14.1. The molecule has 2 N–H and O–H groups in total. The Morgan fingerprint density at radius 1 is 1.04 bits per heavy atom. The van der Waals surface area contributed by atoms with E-state index in [-0.39, 0.29) is 35.5 Å². The number of nitrogens with zero attached hydrogens (tertiary/aromatic N) is 2.